The van der Waals surface area contributed by atoms with Crippen LogP contribution >= 0.6 is 0 Å². The van der Waals surface area contributed by atoms with E-state index in [4.69, 9.17) is 0 Å². The van der Waals surface area contributed by atoms with Crippen molar-refractivity contribution in [2.24, 2.45) is 0 Å². The van der Waals surface area contributed by atoms with Crippen LogP contribution in [0.15, 0.2) is 60.8 Å². The van der Waals surface area contributed by atoms with Crippen LogP contribution in [0.4, 0.5) is 0 Å². The van der Waals surface area contributed by atoms with E-state index in [0.717, 1.165) is 17.2 Å². The Bertz CT molecular complexity index is 841. The summed E-state index contributed by atoms with van der Waals surface area (Å²) < 4.78 is 2.15. The molecule has 1 heterocycles. The molecule has 2 N–H and O–H groups in total. The van der Waals surface area contributed by atoms with E-state index in [0.29, 0.717) is 13.0 Å². The molecule has 24 heavy (non-hydrogen) atoms. The monoisotopic (exact) mass is 319 g/mol. The van der Waals surface area contributed by atoms with Crippen molar-refractivity contribution in [1.82, 2.24) is 14.9 Å². The van der Waals surface area contributed by atoms with Gasteiger partial charge in [-0.3, -0.25) is 4.57 Å². The second-order valence-corrected chi connectivity index (χ2v) is 6.30. The van der Waals surface area contributed by atoms with Crippen LogP contribution in [-0.2, 0) is 13.0 Å². The number of para-hydroxylation sites is 1. The highest BCUT2D eigenvalue weighted by Crippen LogP contribution is 2.31. The molecular formula is C20H21N3O. The summed E-state index contributed by atoms with van der Waals surface area (Å²) in [6.45, 7) is 2.67. The van der Waals surface area contributed by atoms with E-state index in [9.17, 15) is 5.11 Å². The van der Waals surface area contributed by atoms with Crippen molar-refractivity contribution >= 4 is 0 Å². The van der Waals surface area contributed by atoms with Gasteiger partial charge in [0.1, 0.15) is 5.82 Å². The summed E-state index contributed by atoms with van der Waals surface area (Å²) in [6, 6.07) is 18.5. The minimum absolute atomic E-state index is 0.0272. The molecule has 0 aliphatic heterocycles. The molecule has 0 amide bonds. The average Bonchev–Trinajstić information content (AvgIpc) is 3.13. The van der Waals surface area contributed by atoms with E-state index >= 15 is 0 Å². The van der Waals surface area contributed by atoms with Crippen molar-refractivity contribution in [1.29, 1.82) is 0 Å². The highest BCUT2D eigenvalue weighted by atomic mass is 16.3. The van der Waals surface area contributed by atoms with Gasteiger partial charge in [-0.2, -0.15) is 0 Å². The number of hydrogen-bond acceptors (Lipinski definition) is 3. The van der Waals surface area contributed by atoms with Gasteiger partial charge >= 0.3 is 0 Å². The summed E-state index contributed by atoms with van der Waals surface area (Å²) in [5, 5.41) is 13.9. The third-order valence-corrected chi connectivity index (χ3v) is 4.73. The Hall–Kier alpha value is -2.43. The fourth-order valence-corrected chi connectivity index (χ4v) is 3.58. The average molecular weight is 319 g/mol. The van der Waals surface area contributed by atoms with Gasteiger partial charge in [0.15, 0.2) is 0 Å². The summed E-state index contributed by atoms with van der Waals surface area (Å²) in [7, 11) is 0. The molecule has 1 aliphatic carbocycles. The van der Waals surface area contributed by atoms with Gasteiger partial charge in [-0.15, -0.1) is 0 Å². The third-order valence-electron chi connectivity index (χ3n) is 4.73. The molecule has 0 spiro atoms. The van der Waals surface area contributed by atoms with Crippen LogP contribution in [-0.4, -0.2) is 20.8 Å². The van der Waals surface area contributed by atoms with Crippen LogP contribution in [0.25, 0.3) is 5.69 Å². The minimum Gasteiger partial charge on any atom is -0.391 e. The zero-order valence-electron chi connectivity index (χ0n) is 13.7. The van der Waals surface area contributed by atoms with Gasteiger partial charge in [0.25, 0.3) is 0 Å². The molecule has 4 heteroatoms. The number of rotatable bonds is 4. The summed E-state index contributed by atoms with van der Waals surface area (Å²) in [5.41, 5.74) is 4.63. The molecule has 1 aromatic heterocycles. The maximum atomic E-state index is 10.4. The largest absolute Gasteiger partial charge is 0.391 e. The standard InChI is InChI=1S/C20H21N3O/c1-14-21-12-17(23(14)16-8-3-2-4-9-16)13-22-20-18-10-6-5-7-15(18)11-19(20)24/h2-10,12,19-20,22,24H,11,13H2,1H3/t19-,20+/m0/s1. The summed E-state index contributed by atoms with van der Waals surface area (Å²) in [5.74, 6) is 0.963. The smallest absolute Gasteiger partial charge is 0.110 e. The highest BCUT2D eigenvalue weighted by Gasteiger charge is 2.30. The molecule has 0 radical (unpaired) electrons. The van der Waals surface area contributed by atoms with Crippen molar-refractivity contribution < 1.29 is 5.11 Å². The highest BCUT2D eigenvalue weighted by molar-refractivity contribution is 5.37. The quantitative estimate of drug-likeness (QED) is 0.777. The number of hydrogen-bond donors (Lipinski definition) is 2. The van der Waals surface area contributed by atoms with Gasteiger partial charge in [-0.1, -0.05) is 42.5 Å². The van der Waals surface area contributed by atoms with Gasteiger partial charge in [0, 0.05) is 18.7 Å². The molecule has 0 saturated carbocycles. The maximum Gasteiger partial charge on any atom is 0.110 e. The zero-order chi connectivity index (χ0) is 16.5. The van der Waals surface area contributed by atoms with Gasteiger partial charge in [0.05, 0.1) is 24.0 Å². The van der Waals surface area contributed by atoms with Crippen molar-refractivity contribution in [2.75, 3.05) is 0 Å². The fourth-order valence-electron chi connectivity index (χ4n) is 3.58. The molecule has 2 atom stereocenters. The number of aryl methyl sites for hydroxylation is 1. The molecule has 122 valence electrons. The van der Waals surface area contributed by atoms with Crippen LogP contribution in [0.5, 0.6) is 0 Å². The van der Waals surface area contributed by atoms with Gasteiger partial charge in [-0.25, -0.2) is 4.98 Å². The van der Waals surface area contributed by atoms with Crippen molar-refractivity contribution in [3.05, 3.63) is 83.4 Å². The Balaban J connectivity index is 1.58. The first-order valence-electron chi connectivity index (χ1n) is 8.32. The molecule has 1 aliphatic rings. The van der Waals surface area contributed by atoms with Crippen molar-refractivity contribution in [3.8, 4) is 5.69 Å². The number of aliphatic hydroxyl groups excluding tert-OH is 1. The molecule has 3 aromatic rings. The Morgan fingerprint density at radius 1 is 1.12 bits per heavy atom. The number of benzene rings is 2. The number of imidazole rings is 1. The van der Waals surface area contributed by atoms with Gasteiger partial charge in [0.2, 0.25) is 0 Å². The lowest BCUT2D eigenvalue weighted by Gasteiger charge is -2.19. The third kappa shape index (κ3) is 2.64. The summed E-state index contributed by atoms with van der Waals surface area (Å²) in [6.07, 6.45) is 2.24. The van der Waals surface area contributed by atoms with Crippen molar-refractivity contribution in [3.63, 3.8) is 0 Å². The van der Waals surface area contributed by atoms with E-state index in [1.165, 1.54) is 11.1 Å². The van der Waals surface area contributed by atoms with E-state index in [1.54, 1.807) is 0 Å². The summed E-state index contributed by atoms with van der Waals surface area (Å²) >= 11 is 0. The van der Waals surface area contributed by atoms with Crippen molar-refractivity contribution in [2.45, 2.75) is 32.0 Å². The molecule has 4 nitrogen and oxygen atoms in total. The number of nitrogens with zero attached hydrogens (tertiary/aromatic N) is 2. The Morgan fingerprint density at radius 2 is 1.88 bits per heavy atom. The second kappa shape index (κ2) is 6.23. The lowest BCUT2D eigenvalue weighted by Crippen LogP contribution is -2.29. The second-order valence-electron chi connectivity index (χ2n) is 6.30. The zero-order valence-corrected chi connectivity index (χ0v) is 13.7. The minimum atomic E-state index is -0.378. The van der Waals surface area contributed by atoms with Crippen LogP contribution in [0.2, 0.25) is 0 Å². The lowest BCUT2D eigenvalue weighted by atomic mass is 10.1. The first-order valence-corrected chi connectivity index (χ1v) is 8.32. The predicted octanol–water partition coefficient (Wildman–Crippen LogP) is 2.93. The van der Waals surface area contributed by atoms with Crippen LogP contribution in [0.3, 0.4) is 0 Å². The van der Waals surface area contributed by atoms with Crippen LogP contribution in [0.1, 0.15) is 28.7 Å². The molecule has 0 bridgehead atoms. The Labute approximate surface area is 141 Å². The van der Waals surface area contributed by atoms with E-state index in [1.807, 2.05) is 43.5 Å². The number of fused-ring (bicyclic) bond motifs is 1. The molecule has 4 rings (SSSR count). The molecule has 0 fully saturated rings. The van der Waals surface area contributed by atoms with E-state index in [-0.39, 0.29) is 12.1 Å². The first kappa shape index (κ1) is 15.1. The Kier molecular flexibility index (Phi) is 3.92. The molecule has 0 unspecified atom stereocenters. The van der Waals surface area contributed by atoms with E-state index < -0.39 is 0 Å². The van der Waals surface area contributed by atoms with Crippen LogP contribution in [0, 0.1) is 6.92 Å². The van der Waals surface area contributed by atoms with E-state index in [2.05, 4.69) is 39.1 Å². The SMILES string of the molecule is Cc1ncc(CN[C@@H]2c3ccccc3C[C@@H]2O)n1-c1ccccc1. The molecule has 2 aromatic carbocycles. The fraction of sp³-hybridized carbons (Fsp3) is 0.250. The normalized spacial score (nSPS) is 19.4. The number of nitrogens with one attached hydrogen (secondary N) is 1. The molecular weight excluding hydrogens is 298 g/mol. The first-order chi connectivity index (χ1) is 11.7. The lowest BCUT2D eigenvalue weighted by molar-refractivity contribution is 0.140. The molecule has 0 saturated heterocycles. The van der Waals surface area contributed by atoms with Gasteiger partial charge in [-0.05, 0) is 30.2 Å². The maximum absolute atomic E-state index is 10.4. The topological polar surface area (TPSA) is 50.1 Å². The van der Waals surface area contributed by atoms with Gasteiger partial charge < -0.3 is 10.4 Å². The number of aliphatic hydroxyl groups is 1. The summed E-state index contributed by atoms with van der Waals surface area (Å²) in [4.78, 5) is 4.46. The Morgan fingerprint density at radius 3 is 2.71 bits per heavy atom. The predicted molar refractivity (Wildman–Crippen MR) is 94.0 cm³/mol. The van der Waals surface area contributed by atoms with Crippen LogP contribution < -0.4 is 5.32 Å². The number of aromatic nitrogens is 2.